The molecule has 116 valence electrons. The van der Waals surface area contributed by atoms with E-state index in [0.29, 0.717) is 0 Å². The maximum absolute atomic E-state index is 13.0. The number of rotatable bonds is 0. The maximum atomic E-state index is 13.0. The molecule has 0 aliphatic heterocycles. The third-order valence-electron chi connectivity index (χ3n) is 4.79. The number of nitrogens with zero attached hydrogens (tertiary/aromatic N) is 1. The lowest BCUT2D eigenvalue weighted by Crippen LogP contribution is -2.09. The Morgan fingerprint density at radius 2 is 1.62 bits per heavy atom. The third kappa shape index (κ3) is 1.74. The first-order valence-corrected chi connectivity index (χ1v) is 8.55. The number of fused-ring (bicyclic) bond motifs is 5. The van der Waals surface area contributed by atoms with Crippen molar-refractivity contribution in [3.05, 3.63) is 69.3 Å². The highest BCUT2D eigenvalue weighted by Gasteiger charge is 2.12. The van der Waals surface area contributed by atoms with Gasteiger partial charge in [-0.2, -0.15) is 0 Å². The lowest BCUT2D eigenvalue weighted by atomic mass is 10.1. The largest absolute Gasteiger partial charge is 0.354 e. The van der Waals surface area contributed by atoms with E-state index < -0.39 is 0 Å². The van der Waals surface area contributed by atoms with Gasteiger partial charge in [-0.1, -0.05) is 34.1 Å². The fourth-order valence-electron chi connectivity index (χ4n) is 3.60. The van der Waals surface area contributed by atoms with Crippen molar-refractivity contribution < 1.29 is 0 Å². The Labute approximate surface area is 145 Å². The van der Waals surface area contributed by atoms with Gasteiger partial charge in [-0.15, -0.1) is 0 Å². The molecule has 0 atom stereocenters. The van der Waals surface area contributed by atoms with Gasteiger partial charge in [0.1, 0.15) is 0 Å². The smallest absolute Gasteiger partial charge is 0.197 e. The van der Waals surface area contributed by atoms with Gasteiger partial charge in [-0.3, -0.25) is 4.79 Å². The average molecular weight is 377 g/mol. The van der Waals surface area contributed by atoms with Gasteiger partial charge in [0.15, 0.2) is 5.43 Å². The van der Waals surface area contributed by atoms with Crippen LogP contribution < -0.4 is 5.43 Å². The van der Waals surface area contributed by atoms with Crippen LogP contribution in [0.2, 0.25) is 0 Å². The molecule has 0 spiro atoms. The Bertz CT molecular complexity index is 1340. The van der Waals surface area contributed by atoms with E-state index in [9.17, 15) is 4.79 Å². The van der Waals surface area contributed by atoms with Crippen LogP contribution in [0.3, 0.4) is 0 Å². The van der Waals surface area contributed by atoms with E-state index in [1.54, 1.807) is 0 Å². The fourth-order valence-corrected chi connectivity index (χ4v) is 3.96. The molecule has 5 aromatic rings. The molecule has 0 amide bonds. The number of nitrogens with one attached hydrogen (secondary N) is 1. The van der Waals surface area contributed by atoms with Crippen molar-refractivity contribution in [1.82, 2.24) is 9.55 Å². The van der Waals surface area contributed by atoms with E-state index in [0.717, 1.165) is 48.1 Å². The highest BCUT2D eigenvalue weighted by molar-refractivity contribution is 9.10. The van der Waals surface area contributed by atoms with Gasteiger partial charge in [0, 0.05) is 44.1 Å². The van der Waals surface area contributed by atoms with Crippen LogP contribution in [0.1, 0.15) is 0 Å². The monoisotopic (exact) mass is 376 g/mol. The lowest BCUT2D eigenvalue weighted by molar-refractivity contribution is 1.00. The van der Waals surface area contributed by atoms with Crippen molar-refractivity contribution >= 4 is 59.5 Å². The number of aryl methyl sites for hydroxylation is 1. The minimum atomic E-state index is 0.0755. The number of H-pyrrole nitrogens is 1. The number of hydrogen-bond donors (Lipinski definition) is 1. The van der Waals surface area contributed by atoms with Crippen LogP contribution in [-0.2, 0) is 7.05 Å². The fraction of sp³-hybridized carbons (Fsp3) is 0.0500. The zero-order valence-electron chi connectivity index (χ0n) is 12.9. The van der Waals surface area contributed by atoms with Crippen molar-refractivity contribution in [3.8, 4) is 0 Å². The summed E-state index contributed by atoms with van der Waals surface area (Å²) in [6.45, 7) is 0. The minimum Gasteiger partial charge on any atom is -0.354 e. The van der Waals surface area contributed by atoms with Crippen molar-refractivity contribution in [2.45, 2.75) is 0 Å². The Morgan fingerprint density at radius 3 is 2.50 bits per heavy atom. The summed E-state index contributed by atoms with van der Waals surface area (Å²) in [5.41, 5.74) is 4.09. The Balaban J connectivity index is 2.07. The van der Waals surface area contributed by atoms with E-state index in [-0.39, 0.29) is 5.43 Å². The summed E-state index contributed by atoms with van der Waals surface area (Å²) in [6.07, 6.45) is 0. The van der Waals surface area contributed by atoms with Gasteiger partial charge in [-0.05, 0) is 36.4 Å². The molecule has 1 N–H and O–H groups in total. The first kappa shape index (κ1) is 13.8. The van der Waals surface area contributed by atoms with Crippen LogP contribution in [0.15, 0.2) is 63.9 Å². The number of para-hydroxylation sites is 1. The van der Waals surface area contributed by atoms with Crippen LogP contribution in [0.5, 0.6) is 0 Å². The number of pyridine rings is 1. The second-order valence-electron chi connectivity index (χ2n) is 6.14. The highest BCUT2D eigenvalue weighted by Crippen LogP contribution is 2.30. The molecule has 0 bridgehead atoms. The molecule has 3 nitrogen and oxygen atoms in total. The molecule has 0 aliphatic carbocycles. The average Bonchev–Trinajstić information content (AvgIpc) is 2.96. The predicted octanol–water partition coefficient (Wildman–Crippen LogP) is 5.09. The molecule has 0 radical (unpaired) electrons. The molecule has 0 saturated heterocycles. The molecule has 0 saturated carbocycles. The molecule has 5 rings (SSSR count). The predicted molar refractivity (Wildman–Crippen MR) is 104 cm³/mol. The maximum Gasteiger partial charge on any atom is 0.197 e. The molecule has 0 unspecified atom stereocenters. The third-order valence-corrected chi connectivity index (χ3v) is 5.29. The van der Waals surface area contributed by atoms with Crippen LogP contribution in [0, 0.1) is 0 Å². The summed E-state index contributed by atoms with van der Waals surface area (Å²) in [5, 5.41) is 3.72. The van der Waals surface area contributed by atoms with Crippen molar-refractivity contribution in [2.75, 3.05) is 0 Å². The Morgan fingerprint density at radius 1 is 0.833 bits per heavy atom. The standard InChI is InChI=1S/C20H13BrN2O/c1-23-18-7-6-11(21)8-14(18)20(24)15-9-13-12-4-2-3-5-16(12)22-17(13)10-19(15)23/h2-10,22H,1H3. The van der Waals surface area contributed by atoms with Gasteiger partial charge in [0.25, 0.3) is 0 Å². The highest BCUT2D eigenvalue weighted by atomic mass is 79.9. The number of benzene rings is 3. The quantitative estimate of drug-likeness (QED) is 0.375. The van der Waals surface area contributed by atoms with Crippen LogP contribution in [0.25, 0.3) is 43.6 Å². The summed E-state index contributed by atoms with van der Waals surface area (Å²) in [6, 6.07) is 18.1. The molecule has 0 aliphatic rings. The van der Waals surface area contributed by atoms with Crippen LogP contribution >= 0.6 is 15.9 Å². The van der Waals surface area contributed by atoms with Crippen LogP contribution in [-0.4, -0.2) is 9.55 Å². The van der Waals surface area contributed by atoms with E-state index >= 15 is 0 Å². The molecule has 0 fully saturated rings. The van der Waals surface area contributed by atoms with E-state index in [1.807, 2.05) is 43.4 Å². The Hall–Kier alpha value is -2.59. The zero-order valence-corrected chi connectivity index (χ0v) is 14.5. The molecule has 2 aromatic heterocycles. The molecular weight excluding hydrogens is 364 g/mol. The zero-order chi connectivity index (χ0) is 16.4. The summed E-state index contributed by atoms with van der Waals surface area (Å²) < 4.78 is 3.00. The first-order valence-electron chi connectivity index (χ1n) is 7.76. The summed E-state index contributed by atoms with van der Waals surface area (Å²) in [7, 11) is 2.01. The van der Waals surface area contributed by atoms with Crippen molar-refractivity contribution in [3.63, 3.8) is 0 Å². The molecule has 24 heavy (non-hydrogen) atoms. The van der Waals surface area contributed by atoms with Gasteiger partial charge in [0.2, 0.25) is 0 Å². The lowest BCUT2D eigenvalue weighted by Gasteiger charge is -2.11. The number of aromatic amines is 1. The number of hydrogen-bond acceptors (Lipinski definition) is 1. The van der Waals surface area contributed by atoms with E-state index in [4.69, 9.17) is 0 Å². The van der Waals surface area contributed by atoms with Gasteiger partial charge in [-0.25, -0.2) is 0 Å². The number of aromatic nitrogens is 2. The SMILES string of the molecule is Cn1c2ccc(Br)cc2c(=O)c2cc3c(cc21)[nH]c1ccccc13. The Kier molecular flexibility index (Phi) is 2.71. The molecule has 3 aromatic carbocycles. The molecule has 4 heteroatoms. The van der Waals surface area contributed by atoms with Gasteiger partial charge >= 0.3 is 0 Å². The summed E-state index contributed by atoms with van der Waals surface area (Å²) in [5.74, 6) is 0. The topological polar surface area (TPSA) is 37.8 Å². The van der Waals surface area contributed by atoms with E-state index in [2.05, 4.69) is 43.7 Å². The molecular formula is C20H13BrN2O. The second-order valence-corrected chi connectivity index (χ2v) is 7.05. The van der Waals surface area contributed by atoms with Crippen LogP contribution in [0.4, 0.5) is 0 Å². The van der Waals surface area contributed by atoms with E-state index in [1.165, 1.54) is 0 Å². The normalized spacial score (nSPS) is 11.9. The molecule has 2 heterocycles. The first-order chi connectivity index (χ1) is 11.6. The summed E-state index contributed by atoms with van der Waals surface area (Å²) >= 11 is 3.47. The van der Waals surface area contributed by atoms with Gasteiger partial charge in [0.05, 0.1) is 11.0 Å². The van der Waals surface area contributed by atoms with Gasteiger partial charge < -0.3 is 9.55 Å². The van der Waals surface area contributed by atoms with Crippen molar-refractivity contribution in [2.24, 2.45) is 7.05 Å². The second kappa shape index (κ2) is 4.71. The van der Waals surface area contributed by atoms with Crippen molar-refractivity contribution in [1.29, 1.82) is 0 Å². The minimum absolute atomic E-state index is 0.0755. The number of halogens is 1. The summed E-state index contributed by atoms with van der Waals surface area (Å²) in [4.78, 5) is 16.5.